The van der Waals surface area contributed by atoms with E-state index in [1.165, 1.54) is 21.8 Å². The van der Waals surface area contributed by atoms with Crippen LogP contribution in [0.2, 0.25) is 0 Å². The first-order valence-corrected chi connectivity index (χ1v) is 12.6. The number of amides is 1. The van der Waals surface area contributed by atoms with Crippen LogP contribution in [0, 0.1) is 11.6 Å². The van der Waals surface area contributed by atoms with Crippen molar-refractivity contribution in [2.45, 2.75) is 38.6 Å². The smallest absolute Gasteiger partial charge is 0.493 e. The van der Waals surface area contributed by atoms with Crippen molar-refractivity contribution >= 4 is 12.1 Å². The highest BCUT2D eigenvalue weighted by Gasteiger charge is 2.43. The minimum atomic E-state index is -1.06. The Balaban J connectivity index is 1.66. The summed E-state index contributed by atoms with van der Waals surface area (Å²) < 4.78 is 51.6. The highest BCUT2D eigenvalue weighted by molar-refractivity contribution is 5.96. The van der Waals surface area contributed by atoms with Gasteiger partial charge in [-0.1, -0.05) is 30.3 Å². The van der Waals surface area contributed by atoms with Gasteiger partial charge in [-0.3, -0.25) is 19.3 Å². The minimum absolute atomic E-state index is 0.100. The molecule has 210 valence electrons. The Kier molecular flexibility index (Phi) is 7.33. The molecular weight excluding hydrogens is 528 g/mol. The number of benzene rings is 2. The van der Waals surface area contributed by atoms with E-state index in [1.54, 1.807) is 38.0 Å². The van der Waals surface area contributed by atoms with Crippen molar-refractivity contribution in [2.75, 3.05) is 25.5 Å². The fraction of sp³-hybridized carbons (Fsp3) is 0.321. The highest BCUT2D eigenvalue weighted by atomic mass is 19.2. The molecule has 10 nitrogen and oxygen atoms in total. The summed E-state index contributed by atoms with van der Waals surface area (Å²) in [6, 6.07) is 11.6. The standard InChI is InChI=1S/C28H27F2N3O7/c1-16(2)40-28(36)39-15-38-26-21(34)9-11-32-25(26)27(35)31(3)23-10-12-37-22-14-20(30)19(29)13-18(22)24(33(23)32)17-7-5-4-6-8-17/h4-9,11,13-14,16,23-24H,10,12,15H2,1-3H3/t23-,24+/m0/s1. The molecule has 0 aliphatic carbocycles. The van der Waals surface area contributed by atoms with Gasteiger partial charge in [0.25, 0.3) is 5.91 Å². The number of aromatic nitrogens is 1. The largest absolute Gasteiger partial charge is 0.511 e. The maximum Gasteiger partial charge on any atom is 0.511 e. The zero-order chi connectivity index (χ0) is 28.6. The van der Waals surface area contributed by atoms with Crippen molar-refractivity contribution in [3.05, 3.63) is 93.4 Å². The summed E-state index contributed by atoms with van der Waals surface area (Å²) in [4.78, 5) is 39.8. The molecule has 2 aromatic carbocycles. The summed E-state index contributed by atoms with van der Waals surface area (Å²) in [7, 11) is 1.57. The normalized spacial score (nSPS) is 18.1. The fourth-order valence-corrected chi connectivity index (χ4v) is 4.91. The molecule has 0 fully saturated rings. The molecule has 2 aliphatic rings. The van der Waals surface area contributed by atoms with Gasteiger partial charge in [0.15, 0.2) is 17.3 Å². The summed E-state index contributed by atoms with van der Waals surface area (Å²) in [6.45, 7) is 2.70. The third-order valence-electron chi connectivity index (χ3n) is 6.63. The molecule has 0 spiro atoms. The topological polar surface area (TPSA) is 99.5 Å². The molecule has 0 N–H and O–H groups in total. The number of nitrogens with zero attached hydrogens (tertiary/aromatic N) is 3. The van der Waals surface area contributed by atoms with E-state index in [9.17, 15) is 23.2 Å². The lowest BCUT2D eigenvalue weighted by molar-refractivity contribution is -0.00926. The van der Waals surface area contributed by atoms with Crippen LogP contribution in [0.1, 0.15) is 47.9 Å². The second-order valence-electron chi connectivity index (χ2n) is 9.56. The maximum absolute atomic E-state index is 14.7. The molecule has 2 aliphatic heterocycles. The first-order valence-electron chi connectivity index (χ1n) is 12.6. The van der Waals surface area contributed by atoms with E-state index in [-0.39, 0.29) is 23.8 Å². The first kappa shape index (κ1) is 27.0. The summed E-state index contributed by atoms with van der Waals surface area (Å²) in [5, 5.41) is 1.80. The van der Waals surface area contributed by atoms with Gasteiger partial charge in [-0.15, -0.1) is 0 Å². The third-order valence-corrected chi connectivity index (χ3v) is 6.63. The lowest BCUT2D eigenvalue weighted by Crippen LogP contribution is -2.62. The van der Waals surface area contributed by atoms with Gasteiger partial charge in [0.2, 0.25) is 18.0 Å². The molecule has 0 bridgehead atoms. The van der Waals surface area contributed by atoms with Crippen molar-refractivity contribution in [2.24, 2.45) is 0 Å². The number of carbonyl (C=O) groups excluding carboxylic acids is 2. The number of rotatable bonds is 5. The number of carbonyl (C=O) groups is 2. The van der Waals surface area contributed by atoms with Crippen molar-refractivity contribution in [1.82, 2.24) is 9.58 Å². The van der Waals surface area contributed by atoms with Crippen LogP contribution in [0.15, 0.2) is 59.5 Å². The van der Waals surface area contributed by atoms with E-state index in [0.717, 1.165) is 12.1 Å². The second kappa shape index (κ2) is 10.9. The van der Waals surface area contributed by atoms with Crippen LogP contribution < -0.4 is 19.9 Å². The molecular formula is C28H27F2N3O7. The van der Waals surface area contributed by atoms with Crippen molar-refractivity contribution in [3.8, 4) is 11.5 Å². The van der Waals surface area contributed by atoms with Gasteiger partial charge in [0.05, 0.1) is 12.7 Å². The molecule has 0 unspecified atom stereocenters. The molecule has 3 heterocycles. The second-order valence-corrected chi connectivity index (χ2v) is 9.56. The Morgan fingerprint density at radius 1 is 1.10 bits per heavy atom. The molecule has 0 saturated heterocycles. The Morgan fingerprint density at radius 3 is 2.55 bits per heavy atom. The molecule has 40 heavy (non-hydrogen) atoms. The summed E-state index contributed by atoms with van der Waals surface area (Å²) in [5.41, 5.74) is 0.274. The molecule has 12 heteroatoms. The van der Waals surface area contributed by atoms with E-state index in [2.05, 4.69) is 0 Å². The average molecular weight is 556 g/mol. The van der Waals surface area contributed by atoms with Crippen molar-refractivity contribution in [3.63, 3.8) is 0 Å². The van der Waals surface area contributed by atoms with Crippen LogP contribution in [-0.4, -0.2) is 54.4 Å². The Labute approximate surface area is 228 Å². The zero-order valence-electron chi connectivity index (χ0n) is 22.0. The van der Waals surface area contributed by atoms with E-state index in [1.807, 2.05) is 18.2 Å². The van der Waals surface area contributed by atoms with Crippen LogP contribution in [0.3, 0.4) is 0 Å². The molecule has 2 atom stereocenters. The van der Waals surface area contributed by atoms with Gasteiger partial charge < -0.3 is 23.8 Å². The van der Waals surface area contributed by atoms with E-state index >= 15 is 0 Å². The van der Waals surface area contributed by atoms with Gasteiger partial charge in [0, 0.05) is 37.4 Å². The van der Waals surface area contributed by atoms with Crippen molar-refractivity contribution in [1.29, 1.82) is 0 Å². The van der Waals surface area contributed by atoms with Crippen LogP contribution in [0.4, 0.5) is 13.6 Å². The Bertz CT molecular complexity index is 1500. The zero-order valence-corrected chi connectivity index (χ0v) is 22.0. The predicted molar refractivity (Wildman–Crippen MR) is 138 cm³/mol. The fourth-order valence-electron chi connectivity index (χ4n) is 4.91. The molecule has 1 aromatic heterocycles. The van der Waals surface area contributed by atoms with Crippen LogP contribution in [-0.2, 0) is 9.47 Å². The average Bonchev–Trinajstić information content (AvgIpc) is 2.91. The SMILES string of the molecule is CC(C)OC(=O)OCOc1c2n(ccc1=O)N1[C@H](c3ccccc3)c3cc(F)c(F)cc3OCC[C@H]1N(C)C2=O. The Hall–Kier alpha value is -4.61. The monoisotopic (exact) mass is 555 g/mol. The maximum atomic E-state index is 14.7. The molecule has 3 aromatic rings. The predicted octanol–water partition coefficient (Wildman–Crippen LogP) is 3.95. The quantitative estimate of drug-likeness (QED) is 0.345. The molecule has 0 saturated carbocycles. The lowest BCUT2D eigenvalue weighted by atomic mass is 9.95. The molecule has 1 amide bonds. The van der Waals surface area contributed by atoms with Gasteiger partial charge in [-0.05, 0) is 25.5 Å². The van der Waals surface area contributed by atoms with Gasteiger partial charge in [0.1, 0.15) is 18.0 Å². The van der Waals surface area contributed by atoms with Crippen LogP contribution >= 0.6 is 0 Å². The summed E-state index contributed by atoms with van der Waals surface area (Å²) in [6.07, 6.45) is -0.312. The van der Waals surface area contributed by atoms with Crippen molar-refractivity contribution < 1.29 is 37.3 Å². The number of pyridine rings is 1. The number of halogens is 2. The molecule has 0 radical (unpaired) electrons. The van der Waals surface area contributed by atoms with E-state index < -0.39 is 54.2 Å². The van der Waals surface area contributed by atoms with Crippen LogP contribution in [0.25, 0.3) is 0 Å². The third kappa shape index (κ3) is 4.92. The summed E-state index contributed by atoms with van der Waals surface area (Å²) >= 11 is 0. The molecule has 5 rings (SSSR count). The first-order chi connectivity index (χ1) is 19.2. The number of hydrogen-bond acceptors (Lipinski definition) is 8. The number of ether oxygens (including phenoxy) is 4. The van der Waals surface area contributed by atoms with Gasteiger partial charge in [-0.25, -0.2) is 13.6 Å². The Morgan fingerprint density at radius 2 is 1.82 bits per heavy atom. The number of fused-ring (bicyclic) bond motifs is 4. The van der Waals surface area contributed by atoms with E-state index in [4.69, 9.17) is 18.9 Å². The van der Waals surface area contributed by atoms with E-state index in [0.29, 0.717) is 17.5 Å². The summed E-state index contributed by atoms with van der Waals surface area (Å²) in [5.74, 6) is -2.83. The highest BCUT2D eigenvalue weighted by Crippen LogP contribution is 2.41. The van der Waals surface area contributed by atoms with Crippen LogP contribution in [0.5, 0.6) is 11.5 Å². The van der Waals surface area contributed by atoms with Gasteiger partial charge >= 0.3 is 6.16 Å². The minimum Gasteiger partial charge on any atom is -0.493 e. The lowest BCUT2D eigenvalue weighted by Gasteiger charge is -2.50. The van der Waals surface area contributed by atoms with Gasteiger partial charge in [-0.2, -0.15) is 0 Å². The number of hydrogen-bond donors (Lipinski definition) is 0.